The molecular formula is C20H20N4O4. The highest BCUT2D eigenvalue weighted by molar-refractivity contribution is 6.04. The molecule has 2 N–H and O–H groups in total. The molecule has 144 valence electrons. The van der Waals surface area contributed by atoms with Crippen molar-refractivity contribution in [1.82, 2.24) is 9.55 Å². The Morgan fingerprint density at radius 2 is 1.68 bits per heavy atom. The second-order valence-corrected chi connectivity index (χ2v) is 5.92. The van der Waals surface area contributed by atoms with E-state index in [1.54, 1.807) is 66.7 Å². The number of anilines is 2. The van der Waals surface area contributed by atoms with Crippen molar-refractivity contribution in [2.24, 2.45) is 0 Å². The maximum absolute atomic E-state index is 12.5. The Labute approximate surface area is 162 Å². The average molecular weight is 380 g/mol. The summed E-state index contributed by atoms with van der Waals surface area (Å²) in [4.78, 5) is 27.7. The maximum Gasteiger partial charge on any atom is 0.255 e. The summed E-state index contributed by atoms with van der Waals surface area (Å²) in [6.07, 6.45) is 3.28. The van der Waals surface area contributed by atoms with E-state index >= 15 is 0 Å². The number of benzene rings is 2. The van der Waals surface area contributed by atoms with E-state index in [0.29, 0.717) is 28.6 Å². The molecule has 0 fully saturated rings. The molecule has 3 aromatic rings. The van der Waals surface area contributed by atoms with Crippen LogP contribution in [0.1, 0.15) is 17.3 Å². The summed E-state index contributed by atoms with van der Waals surface area (Å²) in [6.45, 7) is 1.42. The molecular weight excluding hydrogens is 360 g/mol. The van der Waals surface area contributed by atoms with E-state index in [1.807, 2.05) is 0 Å². The van der Waals surface area contributed by atoms with Crippen molar-refractivity contribution in [1.29, 1.82) is 0 Å². The Morgan fingerprint density at radius 1 is 0.964 bits per heavy atom. The smallest absolute Gasteiger partial charge is 0.255 e. The third kappa shape index (κ3) is 4.29. The Hall–Kier alpha value is -3.81. The zero-order valence-corrected chi connectivity index (χ0v) is 15.7. The Kier molecular flexibility index (Phi) is 5.59. The summed E-state index contributed by atoms with van der Waals surface area (Å²) >= 11 is 0. The first-order valence-corrected chi connectivity index (χ1v) is 8.45. The molecule has 0 aliphatic carbocycles. The fourth-order valence-corrected chi connectivity index (χ4v) is 2.61. The largest absolute Gasteiger partial charge is 0.493 e. The van der Waals surface area contributed by atoms with Crippen LogP contribution in [0.15, 0.2) is 55.0 Å². The van der Waals surface area contributed by atoms with Gasteiger partial charge in [0.2, 0.25) is 5.91 Å². The van der Waals surface area contributed by atoms with Gasteiger partial charge in [0.1, 0.15) is 6.33 Å². The maximum atomic E-state index is 12.5. The summed E-state index contributed by atoms with van der Waals surface area (Å²) in [5, 5.41) is 5.44. The van der Waals surface area contributed by atoms with Crippen molar-refractivity contribution in [2.75, 3.05) is 24.9 Å². The lowest BCUT2D eigenvalue weighted by Crippen LogP contribution is -2.12. The number of rotatable bonds is 6. The molecule has 1 heterocycles. The molecule has 28 heavy (non-hydrogen) atoms. The van der Waals surface area contributed by atoms with Crippen molar-refractivity contribution in [2.45, 2.75) is 6.92 Å². The van der Waals surface area contributed by atoms with Crippen LogP contribution in [0.4, 0.5) is 11.5 Å². The van der Waals surface area contributed by atoms with Gasteiger partial charge in [-0.1, -0.05) is 0 Å². The van der Waals surface area contributed by atoms with Crippen LogP contribution in [0.3, 0.4) is 0 Å². The number of nitrogens with one attached hydrogen (secondary N) is 2. The van der Waals surface area contributed by atoms with E-state index in [-0.39, 0.29) is 11.8 Å². The first-order chi connectivity index (χ1) is 13.5. The van der Waals surface area contributed by atoms with Gasteiger partial charge in [-0.15, -0.1) is 0 Å². The number of methoxy groups -OCH3 is 2. The van der Waals surface area contributed by atoms with Gasteiger partial charge < -0.3 is 24.7 Å². The third-order valence-electron chi connectivity index (χ3n) is 3.96. The average Bonchev–Trinajstić information content (AvgIpc) is 3.15. The standard InChI is InChI=1S/C20H20N4O4/c1-13(25)22-19-11-24(12-21-19)16-7-4-14(5-8-16)20(26)23-15-6-9-17(27-2)18(10-15)28-3/h4-12H,1-3H3,(H,22,25)(H,23,26). The van der Waals surface area contributed by atoms with Gasteiger partial charge in [0.05, 0.1) is 20.4 Å². The van der Waals surface area contributed by atoms with E-state index in [9.17, 15) is 9.59 Å². The van der Waals surface area contributed by atoms with Crippen molar-refractivity contribution >= 4 is 23.3 Å². The number of hydrogen-bond donors (Lipinski definition) is 2. The van der Waals surface area contributed by atoms with Gasteiger partial charge in [0.15, 0.2) is 17.3 Å². The van der Waals surface area contributed by atoms with Crippen LogP contribution in [0.5, 0.6) is 11.5 Å². The lowest BCUT2D eigenvalue weighted by molar-refractivity contribution is -0.114. The molecule has 2 amide bonds. The molecule has 1 aromatic heterocycles. The fourth-order valence-electron chi connectivity index (χ4n) is 2.61. The summed E-state index contributed by atoms with van der Waals surface area (Å²) < 4.78 is 12.2. The van der Waals surface area contributed by atoms with E-state index in [1.165, 1.54) is 14.0 Å². The monoisotopic (exact) mass is 380 g/mol. The summed E-state index contributed by atoms with van der Waals surface area (Å²) in [7, 11) is 3.09. The van der Waals surface area contributed by atoms with Crippen LogP contribution in [-0.2, 0) is 4.79 Å². The molecule has 0 spiro atoms. The normalized spacial score (nSPS) is 10.2. The summed E-state index contributed by atoms with van der Waals surface area (Å²) in [5.74, 6) is 1.15. The molecule has 0 radical (unpaired) electrons. The Balaban J connectivity index is 1.71. The highest BCUT2D eigenvalue weighted by Gasteiger charge is 2.10. The highest BCUT2D eigenvalue weighted by atomic mass is 16.5. The number of hydrogen-bond acceptors (Lipinski definition) is 5. The zero-order valence-electron chi connectivity index (χ0n) is 15.7. The molecule has 0 saturated heterocycles. The Bertz CT molecular complexity index is 996. The van der Waals surface area contributed by atoms with E-state index < -0.39 is 0 Å². The van der Waals surface area contributed by atoms with Gasteiger partial charge in [0, 0.05) is 29.9 Å². The van der Waals surface area contributed by atoms with Gasteiger partial charge in [-0.3, -0.25) is 9.59 Å². The number of carbonyl (C=O) groups excluding carboxylic acids is 2. The first kappa shape index (κ1) is 19.0. The molecule has 0 aliphatic rings. The minimum absolute atomic E-state index is 0.188. The van der Waals surface area contributed by atoms with Crippen molar-refractivity contribution < 1.29 is 19.1 Å². The molecule has 0 atom stereocenters. The number of imidazole rings is 1. The van der Waals surface area contributed by atoms with E-state index in [2.05, 4.69) is 15.6 Å². The summed E-state index contributed by atoms with van der Waals surface area (Å²) in [5.41, 5.74) is 1.91. The molecule has 8 nitrogen and oxygen atoms in total. The topological polar surface area (TPSA) is 94.5 Å². The second kappa shape index (κ2) is 8.26. The molecule has 0 saturated carbocycles. The lowest BCUT2D eigenvalue weighted by atomic mass is 10.2. The van der Waals surface area contributed by atoms with Gasteiger partial charge in [-0.2, -0.15) is 0 Å². The molecule has 0 aliphatic heterocycles. The fraction of sp³-hybridized carbons (Fsp3) is 0.150. The zero-order chi connectivity index (χ0) is 20.1. The van der Waals surface area contributed by atoms with Crippen molar-refractivity contribution in [3.05, 3.63) is 60.6 Å². The van der Waals surface area contributed by atoms with Gasteiger partial charge in [0.25, 0.3) is 5.91 Å². The van der Waals surface area contributed by atoms with Crippen LogP contribution >= 0.6 is 0 Å². The van der Waals surface area contributed by atoms with E-state index in [4.69, 9.17) is 9.47 Å². The molecule has 3 rings (SSSR count). The minimum atomic E-state index is -0.247. The van der Waals surface area contributed by atoms with Crippen LogP contribution < -0.4 is 20.1 Å². The van der Waals surface area contributed by atoms with Gasteiger partial charge >= 0.3 is 0 Å². The first-order valence-electron chi connectivity index (χ1n) is 8.45. The SMILES string of the molecule is COc1ccc(NC(=O)c2ccc(-n3cnc(NC(C)=O)c3)cc2)cc1OC. The number of amides is 2. The van der Waals surface area contributed by atoms with Crippen LogP contribution in [0, 0.1) is 0 Å². The van der Waals surface area contributed by atoms with Crippen molar-refractivity contribution in [3.63, 3.8) is 0 Å². The predicted octanol–water partition coefficient (Wildman–Crippen LogP) is 3.10. The molecule has 0 bridgehead atoms. The van der Waals surface area contributed by atoms with E-state index in [0.717, 1.165) is 5.69 Å². The number of nitrogens with zero attached hydrogens (tertiary/aromatic N) is 2. The van der Waals surface area contributed by atoms with Gasteiger partial charge in [-0.25, -0.2) is 4.98 Å². The second-order valence-electron chi connectivity index (χ2n) is 5.92. The molecule has 0 unspecified atom stereocenters. The number of ether oxygens (including phenoxy) is 2. The predicted molar refractivity (Wildman–Crippen MR) is 105 cm³/mol. The number of carbonyl (C=O) groups is 2. The molecule has 2 aromatic carbocycles. The lowest BCUT2D eigenvalue weighted by Gasteiger charge is -2.11. The van der Waals surface area contributed by atoms with Crippen LogP contribution in [-0.4, -0.2) is 35.6 Å². The van der Waals surface area contributed by atoms with Gasteiger partial charge in [-0.05, 0) is 36.4 Å². The minimum Gasteiger partial charge on any atom is -0.493 e. The number of aromatic nitrogens is 2. The van der Waals surface area contributed by atoms with Crippen LogP contribution in [0.25, 0.3) is 5.69 Å². The summed E-state index contributed by atoms with van der Waals surface area (Å²) in [6, 6.07) is 12.2. The Morgan fingerprint density at radius 3 is 2.32 bits per heavy atom. The van der Waals surface area contributed by atoms with Crippen molar-refractivity contribution in [3.8, 4) is 17.2 Å². The third-order valence-corrected chi connectivity index (χ3v) is 3.96. The molecule has 8 heteroatoms. The van der Waals surface area contributed by atoms with Crippen LogP contribution in [0.2, 0.25) is 0 Å². The quantitative estimate of drug-likeness (QED) is 0.685. The highest BCUT2D eigenvalue weighted by Crippen LogP contribution is 2.30.